The number of carbonyl (C=O) groups is 1. The second kappa shape index (κ2) is 7.50. The molecule has 2 aromatic carbocycles. The van der Waals surface area contributed by atoms with Crippen molar-refractivity contribution >= 4 is 17.3 Å². The molecule has 1 aliphatic heterocycles. The van der Waals surface area contributed by atoms with Crippen molar-refractivity contribution in [3.63, 3.8) is 0 Å². The molecule has 0 amide bonds. The third-order valence-electron chi connectivity index (χ3n) is 4.50. The molecule has 1 saturated heterocycles. The molecule has 0 atom stereocenters. The van der Waals surface area contributed by atoms with E-state index in [-0.39, 0.29) is 11.6 Å². The van der Waals surface area contributed by atoms with Gasteiger partial charge in [0.25, 0.3) is 0 Å². The number of aromatic carboxylic acids is 1. The largest absolute Gasteiger partial charge is 0.478 e. The first-order valence-electron chi connectivity index (χ1n) is 8.25. The van der Waals surface area contributed by atoms with E-state index in [1.54, 1.807) is 24.3 Å². The summed E-state index contributed by atoms with van der Waals surface area (Å²) in [6.07, 6.45) is 1.21. The standard InChI is InChI=1S/C19H17F2N3O2/c20-15-6-5-14(19(25)26)17(21)18(15)24(13-7-9-23-10-8-13)16-4-2-1-3-12(16)11-22/h1-6,13,23H,7-10H2,(H,25,26). The molecule has 0 radical (unpaired) electrons. The molecule has 1 fully saturated rings. The molecule has 0 unspecified atom stereocenters. The molecule has 7 heteroatoms. The van der Waals surface area contributed by atoms with Gasteiger partial charge in [-0.2, -0.15) is 5.26 Å². The highest BCUT2D eigenvalue weighted by molar-refractivity contribution is 5.90. The first kappa shape index (κ1) is 17.8. The molecule has 0 saturated carbocycles. The van der Waals surface area contributed by atoms with Crippen molar-refractivity contribution in [1.82, 2.24) is 5.32 Å². The Balaban J connectivity index is 2.24. The number of benzene rings is 2. The summed E-state index contributed by atoms with van der Waals surface area (Å²) >= 11 is 0. The number of nitriles is 1. The fraction of sp³-hybridized carbons (Fsp3) is 0.263. The Labute approximate surface area is 149 Å². The van der Waals surface area contributed by atoms with Crippen LogP contribution in [0, 0.1) is 23.0 Å². The molecule has 0 bridgehead atoms. The molecule has 1 heterocycles. The number of carboxylic acids is 1. The average molecular weight is 357 g/mol. The summed E-state index contributed by atoms with van der Waals surface area (Å²) in [5, 5.41) is 21.8. The number of anilines is 2. The Morgan fingerprint density at radius 3 is 2.54 bits per heavy atom. The zero-order valence-corrected chi connectivity index (χ0v) is 13.9. The number of para-hydroxylation sites is 1. The fourth-order valence-electron chi connectivity index (χ4n) is 3.27. The Hall–Kier alpha value is -2.98. The maximum atomic E-state index is 14.9. The summed E-state index contributed by atoms with van der Waals surface area (Å²) in [5.41, 5.74) is -0.401. The highest BCUT2D eigenvalue weighted by Gasteiger charge is 2.31. The van der Waals surface area contributed by atoms with Crippen LogP contribution in [0.15, 0.2) is 36.4 Å². The molecule has 0 spiro atoms. The Morgan fingerprint density at radius 2 is 1.88 bits per heavy atom. The number of carboxylic acid groups (broad SMARTS) is 1. The summed E-state index contributed by atoms with van der Waals surface area (Å²) in [4.78, 5) is 12.7. The highest BCUT2D eigenvalue weighted by atomic mass is 19.1. The molecule has 0 aliphatic carbocycles. The molecule has 5 nitrogen and oxygen atoms in total. The number of halogens is 2. The smallest absolute Gasteiger partial charge is 0.338 e. The van der Waals surface area contributed by atoms with Gasteiger partial charge in [-0.3, -0.25) is 0 Å². The third-order valence-corrected chi connectivity index (χ3v) is 4.50. The van der Waals surface area contributed by atoms with Crippen LogP contribution < -0.4 is 10.2 Å². The fourth-order valence-corrected chi connectivity index (χ4v) is 3.27. The van der Waals surface area contributed by atoms with Gasteiger partial charge in [-0.1, -0.05) is 12.1 Å². The van der Waals surface area contributed by atoms with E-state index in [2.05, 4.69) is 5.32 Å². The van der Waals surface area contributed by atoms with E-state index in [9.17, 15) is 23.9 Å². The Morgan fingerprint density at radius 1 is 1.19 bits per heavy atom. The summed E-state index contributed by atoms with van der Waals surface area (Å²) < 4.78 is 29.6. The first-order chi connectivity index (χ1) is 12.5. The van der Waals surface area contributed by atoms with Crippen LogP contribution in [0.4, 0.5) is 20.2 Å². The molecular formula is C19H17F2N3O2. The average Bonchev–Trinajstić information content (AvgIpc) is 2.65. The van der Waals surface area contributed by atoms with Gasteiger partial charge in [0, 0.05) is 6.04 Å². The first-order valence-corrected chi connectivity index (χ1v) is 8.25. The van der Waals surface area contributed by atoms with Crippen molar-refractivity contribution in [3.05, 3.63) is 59.2 Å². The Bertz CT molecular complexity index is 874. The molecule has 3 rings (SSSR count). The van der Waals surface area contributed by atoms with Crippen molar-refractivity contribution in [2.75, 3.05) is 18.0 Å². The van der Waals surface area contributed by atoms with Gasteiger partial charge in [-0.25, -0.2) is 13.6 Å². The number of hydrogen-bond donors (Lipinski definition) is 2. The predicted molar refractivity (Wildman–Crippen MR) is 92.5 cm³/mol. The van der Waals surface area contributed by atoms with Crippen molar-refractivity contribution in [2.24, 2.45) is 0 Å². The maximum Gasteiger partial charge on any atom is 0.338 e. The van der Waals surface area contributed by atoms with Gasteiger partial charge in [-0.15, -0.1) is 0 Å². The second-order valence-electron chi connectivity index (χ2n) is 6.04. The van der Waals surface area contributed by atoms with Gasteiger partial charge in [0.2, 0.25) is 0 Å². The van der Waals surface area contributed by atoms with E-state index in [0.717, 1.165) is 12.1 Å². The zero-order valence-electron chi connectivity index (χ0n) is 13.9. The lowest BCUT2D eigenvalue weighted by Gasteiger charge is -2.37. The van der Waals surface area contributed by atoms with Crippen LogP contribution in [0.25, 0.3) is 0 Å². The topological polar surface area (TPSA) is 76.4 Å². The second-order valence-corrected chi connectivity index (χ2v) is 6.04. The maximum absolute atomic E-state index is 14.9. The molecule has 1 aliphatic rings. The van der Waals surface area contributed by atoms with Crippen LogP contribution in [0.3, 0.4) is 0 Å². The van der Waals surface area contributed by atoms with Crippen LogP contribution >= 0.6 is 0 Å². The summed E-state index contributed by atoms with van der Waals surface area (Å²) in [5.74, 6) is -3.47. The quantitative estimate of drug-likeness (QED) is 0.877. The molecule has 134 valence electrons. The lowest BCUT2D eigenvalue weighted by molar-refractivity contribution is 0.0692. The van der Waals surface area contributed by atoms with E-state index >= 15 is 0 Å². The number of piperidine rings is 1. The predicted octanol–water partition coefficient (Wildman–Crippen LogP) is 3.42. The zero-order chi connectivity index (χ0) is 18.7. The molecule has 2 N–H and O–H groups in total. The number of nitrogens with one attached hydrogen (secondary N) is 1. The number of nitrogens with zero attached hydrogens (tertiary/aromatic N) is 2. The third kappa shape index (κ3) is 3.24. The van der Waals surface area contributed by atoms with E-state index < -0.39 is 28.9 Å². The lowest BCUT2D eigenvalue weighted by atomic mass is 10.00. The normalized spacial score (nSPS) is 14.7. The van der Waals surface area contributed by atoms with E-state index in [0.29, 0.717) is 31.6 Å². The van der Waals surface area contributed by atoms with Gasteiger partial charge >= 0.3 is 5.97 Å². The van der Waals surface area contributed by atoms with Gasteiger partial charge < -0.3 is 15.3 Å². The van der Waals surface area contributed by atoms with E-state index in [1.165, 1.54) is 4.90 Å². The Kier molecular flexibility index (Phi) is 5.14. The van der Waals surface area contributed by atoms with Crippen LogP contribution in [-0.2, 0) is 0 Å². The van der Waals surface area contributed by atoms with Gasteiger partial charge in [0.1, 0.15) is 17.6 Å². The van der Waals surface area contributed by atoms with Crippen LogP contribution in [0.5, 0.6) is 0 Å². The summed E-state index contributed by atoms with van der Waals surface area (Å²) in [6.45, 7) is 1.33. The van der Waals surface area contributed by atoms with Crippen molar-refractivity contribution in [2.45, 2.75) is 18.9 Å². The van der Waals surface area contributed by atoms with Crippen molar-refractivity contribution < 1.29 is 18.7 Å². The number of hydrogen-bond acceptors (Lipinski definition) is 4. The van der Waals surface area contributed by atoms with Crippen LogP contribution in [-0.4, -0.2) is 30.2 Å². The SMILES string of the molecule is N#Cc1ccccc1N(c1c(F)ccc(C(=O)O)c1F)C1CCNCC1. The summed E-state index contributed by atoms with van der Waals surface area (Å²) in [7, 11) is 0. The van der Waals surface area contributed by atoms with Crippen molar-refractivity contribution in [1.29, 1.82) is 5.26 Å². The minimum Gasteiger partial charge on any atom is -0.478 e. The molecule has 0 aromatic heterocycles. The minimum atomic E-state index is -1.47. The van der Waals surface area contributed by atoms with Crippen LogP contribution in [0.2, 0.25) is 0 Å². The molecule has 2 aromatic rings. The van der Waals surface area contributed by atoms with E-state index in [4.69, 9.17) is 0 Å². The van der Waals surface area contributed by atoms with E-state index in [1.807, 2.05) is 6.07 Å². The van der Waals surface area contributed by atoms with Gasteiger partial charge in [0.05, 0.1) is 16.8 Å². The summed E-state index contributed by atoms with van der Waals surface area (Å²) in [6, 6.07) is 10.2. The van der Waals surface area contributed by atoms with Gasteiger partial charge in [-0.05, 0) is 50.2 Å². The van der Waals surface area contributed by atoms with Crippen LogP contribution in [0.1, 0.15) is 28.8 Å². The minimum absolute atomic E-state index is 0.265. The number of rotatable bonds is 4. The molecule has 26 heavy (non-hydrogen) atoms. The monoisotopic (exact) mass is 357 g/mol. The van der Waals surface area contributed by atoms with Gasteiger partial charge in [0.15, 0.2) is 5.82 Å². The van der Waals surface area contributed by atoms with Crippen molar-refractivity contribution in [3.8, 4) is 6.07 Å². The lowest BCUT2D eigenvalue weighted by Crippen LogP contribution is -2.42. The molecular weight excluding hydrogens is 340 g/mol. The highest BCUT2D eigenvalue weighted by Crippen LogP contribution is 2.37.